The average molecular weight is 1260 g/mol. The second-order valence-corrected chi connectivity index (χ2v) is 26.1. The number of aromatic nitrogens is 7. The second kappa shape index (κ2) is 21.8. The minimum absolute atomic E-state index is 0.490. The van der Waals surface area contributed by atoms with E-state index in [-0.39, 0.29) is 0 Å². The monoisotopic (exact) mass is 1260 g/mol. The fraction of sp³-hybridized carbons (Fsp3) is 0.0220. The van der Waals surface area contributed by atoms with Gasteiger partial charge in [-0.05, 0) is 133 Å². The Balaban J connectivity index is 1.04. The third-order valence-electron chi connectivity index (χ3n) is 20.4. The third-order valence-corrected chi connectivity index (χ3v) is 20.4. The van der Waals surface area contributed by atoms with Crippen molar-refractivity contribution >= 4 is 109 Å². The zero-order valence-corrected chi connectivity index (χ0v) is 54.1. The highest BCUT2D eigenvalue weighted by Crippen LogP contribution is 2.54. The van der Waals surface area contributed by atoms with Crippen molar-refractivity contribution in [2.45, 2.75) is 13.8 Å². The zero-order chi connectivity index (χ0) is 65.6. The van der Waals surface area contributed by atoms with E-state index < -0.39 is 0 Å². The van der Waals surface area contributed by atoms with Gasteiger partial charge in [0.15, 0.2) is 0 Å². The van der Waals surface area contributed by atoms with Crippen LogP contribution in [-0.2, 0) is 0 Å². The molecule has 0 atom stereocenters. The molecule has 0 N–H and O–H groups in total. The van der Waals surface area contributed by atoms with Crippen LogP contribution in [0.1, 0.15) is 16.7 Å². The van der Waals surface area contributed by atoms with E-state index in [1.54, 1.807) is 0 Å². The quantitative estimate of drug-likeness (QED) is 0.145. The van der Waals surface area contributed by atoms with Crippen molar-refractivity contribution in [2.24, 2.45) is 0 Å². The number of nitrogens with zero attached hydrogens (tertiary/aromatic N) is 8. The van der Waals surface area contributed by atoms with Gasteiger partial charge in [-0.25, -0.2) is 9.97 Å². The van der Waals surface area contributed by atoms with Gasteiger partial charge in [-0.3, -0.25) is 18.3 Å². The first-order chi connectivity index (χ1) is 48.9. The first-order valence-corrected chi connectivity index (χ1v) is 33.7. The van der Waals surface area contributed by atoms with Crippen molar-refractivity contribution in [3.8, 4) is 79.5 Å². The molecule has 8 nitrogen and oxygen atoms in total. The summed E-state index contributed by atoms with van der Waals surface area (Å²) in [5.41, 5.74) is 20.7. The van der Waals surface area contributed by atoms with Crippen LogP contribution in [0, 0.1) is 25.2 Å². The topological polar surface area (TPSA) is 74.2 Å². The Labute approximate surface area is 569 Å². The Kier molecular flexibility index (Phi) is 12.4. The normalized spacial score (nSPS) is 11.9. The van der Waals surface area contributed by atoms with Crippen LogP contribution in [0.2, 0.25) is 0 Å². The van der Waals surface area contributed by atoms with Crippen LogP contribution in [0.25, 0.3) is 182 Å². The van der Waals surface area contributed by atoms with E-state index in [1.807, 2.05) is 0 Å². The van der Waals surface area contributed by atoms with Gasteiger partial charge < -0.3 is 4.57 Å². The number of benzene rings is 13. The molecule has 0 amide bonds. The largest absolute Gasteiger partial charge is 0.308 e. The van der Waals surface area contributed by atoms with Gasteiger partial charge in [0.25, 0.3) is 0 Å². The van der Waals surface area contributed by atoms with Crippen molar-refractivity contribution in [1.82, 2.24) is 32.8 Å². The van der Waals surface area contributed by atoms with Crippen LogP contribution in [0.5, 0.6) is 0 Å². The van der Waals surface area contributed by atoms with Crippen LogP contribution in [-0.4, -0.2) is 32.8 Å². The Bertz CT molecular complexity index is 5950. The van der Waals surface area contributed by atoms with Crippen LogP contribution >= 0.6 is 0 Å². The first kappa shape index (κ1) is 56.0. The van der Waals surface area contributed by atoms with Gasteiger partial charge in [0.05, 0.1) is 66.4 Å². The molecule has 462 valence electrons. The smallest absolute Gasteiger partial charge is 0.140 e. The summed E-state index contributed by atoms with van der Waals surface area (Å²) in [6, 6.07) is 116. The van der Waals surface area contributed by atoms with Gasteiger partial charge in [0, 0.05) is 76.1 Å². The van der Waals surface area contributed by atoms with Crippen molar-refractivity contribution in [1.29, 1.82) is 5.26 Å². The Morgan fingerprint density at radius 3 is 0.737 bits per heavy atom. The molecule has 0 saturated carbocycles. The molecular formula is C91H58N8. The van der Waals surface area contributed by atoms with E-state index in [1.165, 1.54) is 0 Å². The fourth-order valence-electron chi connectivity index (χ4n) is 16.3. The lowest BCUT2D eigenvalue weighted by molar-refractivity contribution is 1.01. The van der Waals surface area contributed by atoms with E-state index in [0.29, 0.717) is 28.8 Å². The maximum absolute atomic E-state index is 13.3. The van der Waals surface area contributed by atoms with E-state index >= 15 is 0 Å². The molecule has 0 radical (unpaired) electrons. The van der Waals surface area contributed by atoms with E-state index in [9.17, 15) is 5.26 Å². The number of rotatable bonds is 9. The summed E-state index contributed by atoms with van der Waals surface area (Å²) in [7, 11) is 0. The van der Waals surface area contributed by atoms with Crippen molar-refractivity contribution in [3.05, 3.63) is 332 Å². The van der Waals surface area contributed by atoms with Gasteiger partial charge in [-0.2, -0.15) is 5.26 Å². The lowest BCUT2D eigenvalue weighted by atomic mass is 9.79. The number of nitriles is 1. The Hall–Kier alpha value is -13.4. The van der Waals surface area contributed by atoms with Crippen molar-refractivity contribution in [2.75, 3.05) is 0 Å². The van der Waals surface area contributed by atoms with E-state index in [4.69, 9.17) is 9.97 Å². The zero-order valence-electron chi connectivity index (χ0n) is 54.1. The maximum atomic E-state index is 13.3. The van der Waals surface area contributed by atoms with Gasteiger partial charge >= 0.3 is 0 Å². The van der Waals surface area contributed by atoms with E-state index in [0.717, 1.165) is 170 Å². The molecule has 0 aliphatic carbocycles. The molecule has 0 fully saturated rings. The molecule has 13 aromatic carbocycles. The molecule has 0 aliphatic heterocycles. The lowest BCUT2D eigenvalue weighted by Gasteiger charge is -2.28. The SMILES string of the molecule is Cc1ccc2c(c1)c1cc(C)ccc1n2-c1c(-c2ccccc2)c(-c2cc(-n3c4ccccc4c4ccccc43)nc(-n3c4ccccc4c4ccccc43)c2)c(C#N)c(-c2cc(-n3c4ccccc4c4ccccc43)nc(-n3c4ccccc4c4ccccc43)c2)c1-c1ccccc1. The van der Waals surface area contributed by atoms with Crippen LogP contribution < -0.4 is 0 Å². The number of fused-ring (bicyclic) bond motifs is 15. The highest BCUT2D eigenvalue weighted by atomic mass is 15.2. The van der Waals surface area contributed by atoms with Crippen LogP contribution in [0.3, 0.4) is 0 Å². The van der Waals surface area contributed by atoms with Gasteiger partial charge in [0.2, 0.25) is 0 Å². The predicted octanol–water partition coefficient (Wildman–Crippen LogP) is 23.1. The van der Waals surface area contributed by atoms with Gasteiger partial charge in [0.1, 0.15) is 29.3 Å². The van der Waals surface area contributed by atoms with Crippen LogP contribution in [0.15, 0.2) is 315 Å². The molecule has 20 rings (SSSR count). The highest BCUT2D eigenvalue weighted by molar-refractivity contribution is 6.17. The molecule has 7 aromatic heterocycles. The lowest BCUT2D eigenvalue weighted by Crippen LogP contribution is -2.10. The summed E-state index contributed by atoms with van der Waals surface area (Å²) < 4.78 is 11.8. The minimum Gasteiger partial charge on any atom is -0.308 e. The molecule has 0 unspecified atom stereocenters. The molecule has 0 bridgehead atoms. The summed E-state index contributed by atoms with van der Waals surface area (Å²) in [6.07, 6.45) is 0. The van der Waals surface area contributed by atoms with Crippen molar-refractivity contribution < 1.29 is 0 Å². The van der Waals surface area contributed by atoms with Crippen molar-refractivity contribution in [3.63, 3.8) is 0 Å². The summed E-state index contributed by atoms with van der Waals surface area (Å²) in [5.74, 6) is 2.81. The van der Waals surface area contributed by atoms with E-state index in [2.05, 4.69) is 358 Å². The summed E-state index contributed by atoms with van der Waals surface area (Å²) in [5, 5.41) is 24.5. The molecule has 20 aromatic rings. The first-order valence-electron chi connectivity index (χ1n) is 33.7. The van der Waals surface area contributed by atoms with Gasteiger partial charge in [-0.1, -0.05) is 230 Å². The summed E-state index contributed by atoms with van der Waals surface area (Å²) in [4.78, 5) is 11.8. The number of aryl methyl sites for hydroxylation is 2. The highest BCUT2D eigenvalue weighted by Gasteiger charge is 2.33. The molecular weight excluding hydrogens is 1210 g/mol. The Morgan fingerprint density at radius 2 is 0.475 bits per heavy atom. The van der Waals surface area contributed by atoms with Crippen LogP contribution in [0.4, 0.5) is 0 Å². The number of hydrogen-bond acceptors (Lipinski definition) is 3. The fourth-order valence-corrected chi connectivity index (χ4v) is 16.3. The predicted molar refractivity (Wildman–Crippen MR) is 410 cm³/mol. The molecule has 0 saturated heterocycles. The summed E-state index contributed by atoms with van der Waals surface area (Å²) in [6.45, 7) is 4.36. The maximum Gasteiger partial charge on any atom is 0.140 e. The number of para-hydroxylation sites is 8. The molecule has 0 aliphatic rings. The molecule has 8 heteroatoms. The molecule has 7 heterocycles. The molecule has 0 spiro atoms. The third kappa shape index (κ3) is 8.38. The van der Waals surface area contributed by atoms with Gasteiger partial charge in [-0.15, -0.1) is 0 Å². The summed E-state index contributed by atoms with van der Waals surface area (Å²) >= 11 is 0. The second-order valence-electron chi connectivity index (χ2n) is 26.1. The number of hydrogen-bond donors (Lipinski definition) is 0. The number of pyridine rings is 2. The Morgan fingerprint density at radius 1 is 0.232 bits per heavy atom. The molecule has 99 heavy (non-hydrogen) atoms. The average Bonchev–Trinajstić information content (AvgIpc) is 1.44. The standard InChI is InChI=1S/C91H58N8/c1-56-45-47-81-70(49-56)71-50-57(2)46-48-82(71)99(81)91-89(58-25-5-3-6-26-58)87(60-51-83(95-73-37-17-9-29-62(73)63-30-10-18-38-74(63)95)93-84(52-60)96-75-39-19-11-31-64(75)65-32-12-20-40-76(65)96)72(55-92)88(90(91)59-27-7-4-8-28-59)61-53-85(97-77-41-21-13-33-66(77)67-34-14-22-42-78(67)97)94-86(54-61)98-79-43-23-15-35-68(79)69-36-16-24-44-80(69)98/h3-54H,1-2H3. The minimum atomic E-state index is 0.490.